The number of Topliss-reactive ketones (excluding diaryl/α,β-unsaturated/α-hetero) is 1. The molecule has 2 aliphatic heterocycles. The molecule has 5 aliphatic rings. The van der Waals surface area contributed by atoms with Crippen LogP contribution in [0.5, 0.6) is 0 Å². The van der Waals surface area contributed by atoms with E-state index in [9.17, 15) is 19.5 Å². The van der Waals surface area contributed by atoms with Crippen LogP contribution in [0.3, 0.4) is 0 Å². The summed E-state index contributed by atoms with van der Waals surface area (Å²) in [6, 6.07) is 16.0. The lowest BCUT2D eigenvalue weighted by Gasteiger charge is -2.68. The Morgan fingerprint density at radius 3 is 2.10 bits per heavy atom. The first-order valence-electron chi connectivity index (χ1n) is 22.9. The number of aliphatic hydroxyl groups is 1. The standard InChI is InChI=1S/C48H67NO14P2Si2/c1-27-31(57-42(53)37(61-65-64)35(29-19-15-13-16-20-29)49-43(54)60-44(3,4)5)24-48(55)40(58-41(52)30-21-17-14-18-22-30)38-46(8)32(23-33-47(38,25-56-33)59-28(2)50)62-66(9,10)26-67(11,12)63-36(39(46)51)34(27)45(48,6)7/h13-22,31-33,35-38,40,55,65H,23-26,64H2,1-12H3,(H,49,54)/t31-,32-,33+,35-,36+,37+,38?,40?,46+,47-,48+/m0/s1. The molecular weight excluding hydrogens is 933 g/mol. The number of ether oxygens (including phenoxy) is 5. The Morgan fingerprint density at radius 2 is 1.54 bits per heavy atom. The molecule has 2 saturated heterocycles. The van der Waals surface area contributed by atoms with Crippen molar-refractivity contribution in [2.24, 2.45) is 16.7 Å². The molecule has 15 nitrogen and oxygen atoms in total. The zero-order valence-electron chi connectivity index (χ0n) is 40.6. The van der Waals surface area contributed by atoms with E-state index in [4.69, 9.17) is 37.1 Å². The van der Waals surface area contributed by atoms with Gasteiger partial charge in [0, 0.05) is 33.7 Å². The molecule has 0 radical (unpaired) electrons. The smallest absolute Gasteiger partial charge is 0.408 e. The van der Waals surface area contributed by atoms with Crippen molar-refractivity contribution < 1.29 is 66.1 Å². The quantitative estimate of drug-likeness (QED) is 0.0775. The lowest BCUT2D eigenvalue weighted by molar-refractivity contribution is -0.344. The predicted molar refractivity (Wildman–Crippen MR) is 258 cm³/mol. The number of carbonyl (C=O) groups is 5. The van der Waals surface area contributed by atoms with Crippen LogP contribution in [-0.2, 0) is 51.4 Å². The Balaban J connectivity index is 1.46. The highest BCUT2D eigenvalue weighted by Gasteiger charge is 2.79. The predicted octanol–water partition coefficient (Wildman–Crippen LogP) is 7.68. The first-order chi connectivity index (χ1) is 31.1. The van der Waals surface area contributed by atoms with Crippen molar-refractivity contribution in [1.29, 1.82) is 0 Å². The molecule has 2 aromatic rings. The van der Waals surface area contributed by atoms with Gasteiger partial charge in [0.2, 0.25) is 0 Å². The van der Waals surface area contributed by atoms with Gasteiger partial charge in [-0.25, -0.2) is 14.4 Å². The van der Waals surface area contributed by atoms with E-state index in [1.807, 2.05) is 13.1 Å². The van der Waals surface area contributed by atoms with Crippen molar-refractivity contribution in [3.05, 3.63) is 82.9 Å². The van der Waals surface area contributed by atoms with Gasteiger partial charge in [-0.2, -0.15) is 0 Å². The molecule has 2 saturated carbocycles. The Morgan fingerprint density at radius 1 is 0.925 bits per heavy atom. The summed E-state index contributed by atoms with van der Waals surface area (Å²) in [6.07, 6.45) is -8.19. The van der Waals surface area contributed by atoms with Crippen LogP contribution in [0, 0.1) is 16.7 Å². The maximum Gasteiger partial charge on any atom is 0.408 e. The number of ketones is 1. The number of alkyl carbamates (subject to hydrolysis) is 1. The molecule has 4 unspecified atom stereocenters. The van der Waals surface area contributed by atoms with Crippen LogP contribution in [0.25, 0.3) is 0 Å². The summed E-state index contributed by atoms with van der Waals surface area (Å²) < 4.78 is 52.2. The normalized spacial score (nSPS) is 33.7. The monoisotopic (exact) mass is 999 g/mol. The minimum absolute atomic E-state index is 0.152. The van der Waals surface area contributed by atoms with Crippen LogP contribution in [0.4, 0.5) is 4.79 Å². The molecule has 4 bridgehead atoms. The maximum atomic E-state index is 16.4. The summed E-state index contributed by atoms with van der Waals surface area (Å²) in [4.78, 5) is 72.8. The van der Waals surface area contributed by atoms with Crippen LogP contribution in [-0.4, -0.2) is 112 Å². The summed E-state index contributed by atoms with van der Waals surface area (Å²) in [7, 11) is -3.41. The van der Waals surface area contributed by atoms with Gasteiger partial charge >= 0.3 is 24.0 Å². The van der Waals surface area contributed by atoms with Crippen molar-refractivity contribution in [1.82, 2.24) is 5.32 Å². The van der Waals surface area contributed by atoms with Crippen LogP contribution in [0.1, 0.15) is 90.2 Å². The van der Waals surface area contributed by atoms with E-state index in [2.05, 4.69) is 27.3 Å². The molecule has 3 aliphatic carbocycles. The highest BCUT2D eigenvalue weighted by atomic mass is 32.0. The molecule has 0 spiro atoms. The highest BCUT2D eigenvalue weighted by molar-refractivity contribution is 8.00. The van der Waals surface area contributed by atoms with E-state index in [1.165, 1.54) is 6.92 Å². The van der Waals surface area contributed by atoms with Crippen molar-refractivity contribution in [2.45, 2.75) is 160 Å². The van der Waals surface area contributed by atoms with Gasteiger partial charge in [0.15, 0.2) is 34.1 Å². The van der Waals surface area contributed by atoms with Crippen molar-refractivity contribution in [3.8, 4) is 0 Å². The number of hydrogen-bond acceptors (Lipinski definition) is 14. The van der Waals surface area contributed by atoms with Crippen LogP contribution >= 0.6 is 17.4 Å². The molecule has 1 amide bonds. The molecular formula is C48H67NO14P2Si2. The molecule has 366 valence electrons. The maximum absolute atomic E-state index is 16.4. The van der Waals surface area contributed by atoms with Crippen molar-refractivity contribution >= 4 is 63.8 Å². The van der Waals surface area contributed by atoms with E-state index in [-0.39, 0.29) is 39.3 Å². The van der Waals surface area contributed by atoms with Crippen molar-refractivity contribution in [2.75, 3.05) is 6.61 Å². The van der Waals surface area contributed by atoms with Gasteiger partial charge in [-0.05, 0) is 95.3 Å². The number of rotatable bonds is 10. The SMILES string of the molecule is CC(=O)O[C@@]12CO[C@@H]1C[C@@H]1O[Si](C)(C)C[Si](C)(C)O[C@H]3C(=O)[C@@]1(C)C2C(OC(=O)c1ccccc1)[C@]1(O)C[C@H](OC(=O)[C@H](OPP)[C@@H](NC(=O)OC(C)(C)C)c2ccccc2)C(C)=C3C1(C)C. The topological polar surface area (TPSA) is 191 Å². The summed E-state index contributed by atoms with van der Waals surface area (Å²) in [5, 5.41) is 17.0. The fraction of sp³-hybridized carbons (Fsp3) is 0.604. The van der Waals surface area contributed by atoms with E-state index in [1.54, 1.807) is 109 Å². The Labute approximate surface area is 399 Å². The molecule has 2 aromatic carbocycles. The van der Waals surface area contributed by atoms with Crippen molar-refractivity contribution in [3.63, 3.8) is 0 Å². The van der Waals surface area contributed by atoms with E-state index in [0.717, 1.165) is 0 Å². The minimum atomic E-state index is -2.85. The van der Waals surface area contributed by atoms with Gasteiger partial charge in [-0.15, -0.1) is 0 Å². The second-order valence-corrected chi connectivity index (χ2v) is 31.8. The van der Waals surface area contributed by atoms with E-state index < -0.39 is 117 Å². The molecule has 7 rings (SSSR count). The molecule has 67 heavy (non-hydrogen) atoms. The van der Waals surface area contributed by atoms with E-state index >= 15 is 9.59 Å². The first kappa shape index (κ1) is 51.5. The van der Waals surface area contributed by atoms with Gasteiger partial charge in [0.05, 0.1) is 35.6 Å². The van der Waals surface area contributed by atoms with Gasteiger partial charge in [-0.3, -0.25) is 9.59 Å². The second kappa shape index (κ2) is 18.4. The number of esters is 3. The number of nitrogens with one attached hydrogen (secondary N) is 1. The second-order valence-electron chi connectivity index (χ2n) is 21.7. The fourth-order valence-electron chi connectivity index (χ4n) is 11.8. The van der Waals surface area contributed by atoms with Gasteiger partial charge in [0.25, 0.3) is 0 Å². The molecule has 2 heterocycles. The number of hydrogen-bond donors (Lipinski definition) is 2. The summed E-state index contributed by atoms with van der Waals surface area (Å²) >= 11 is 0. The summed E-state index contributed by atoms with van der Waals surface area (Å²) in [5.74, 6) is -3.98. The Bertz CT molecular complexity index is 2290. The Hall–Kier alpha value is -3.38. The van der Waals surface area contributed by atoms with Gasteiger partial charge < -0.3 is 47.5 Å². The number of amides is 1. The first-order valence-corrected chi connectivity index (χ1v) is 31.8. The zero-order valence-corrected chi connectivity index (χ0v) is 44.7. The van der Waals surface area contributed by atoms with E-state index in [0.29, 0.717) is 22.4 Å². The average Bonchev–Trinajstić information content (AvgIpc) is 3.23. The zero-order chi connectivity index (χ0) is 49.3. The van der Waals surface area contributed by atoms with Crippen LogP contribution < -0.4 is 5.32 Å². The van der Waals surface area contributed by atoms with Crippen LogP contribution in [0.15, 0.2) is 71.8 Å². The third kappa shape index (κ3) is 9.50. The minimum Gasteiger partial charge on any atom is -0.456 e. The molecule has 13 atom stereocenters. The van der Waals surface area contributed by atoms with Gasteiger partial charge in [0.1, 0.15) is 35.6 Å². The molecule has 4 fully saturated rings. The molecule has 0 aromatic heterocycles. The number of fused-ring (bicyclic) bond motifs is 6. The third-order valence-electron chi connectivity index (χ3n) is 14.4. The molecule has 2 N–H and O–H groups in total. The summed E-state index contributed by atoms with van der Waals surface area (Å²) in [5.41, 5.74) is -5.52. The number of carbonyl (C=O) groups excluding carboxylic acids is 5. The number of benzene rings is 2. The van der Waals surface area contributed by atoms with Crippen LogP contribution in [0.2, 0.25) is 31.9 Å². The third-order valence-corrected chi connectivity index (χ3v) is 23.8. The molecule has 19 heteroatoms. The lowest BCUT2D eigenvalue weighted by Crippen LogP contribution is -2.82. The summed E-state index contributed by atoms with van der Waals surface area (Å²) in [6.45, 7) is 21.7. The fourth-order valence-corrected chi connectivity index (χ4v) is 23.4. The largest absolute Gasteiger partial charge is 0.456 e. The lowest BCUT2D eigenvalue weighted by atomic mass is 9.44. The van der Waals surface area contributed by atoms with Gasteiger partial charge in [-0.1, -0.05) is 71.3 Å². The average molecular weight is 1000 g/mol. The highest BCUT2D eigenvalue weighted by Crippen LogP contribution is 2.65. The Kier molecular flexibility index (Phi) is 14.2.